The number of ether oxygens (including phenoxy) is 1. The van der Waals surface area contributed by atoms with Gasteiger partial charge in [0.05, 0.1) is 18.1 Å². The first-order valence-electron chi connectivity index (χ1n) is 11.0. The number of amides is 1. The first-order valence-corrected chi connectivity index (χ1v) is 12.4. The number of hydrogen-bond donors (Lipinski definition) is 1. The molecule has 9 nitrogen and oxygen atoms in total. The van der Waals surface area contributed by atoms with Gasteiger partial charge in [0.2, 0.25) is 21.9 Å². The van der Waals surface area contributed by atoms with Crippen LogP contribution < -0.4 is 10.2 Å². The number of benzene rings is 1. The van der Waals surface area contributed by atoms with Crippen LogP contribution in [0.3, 0.4) is 0 Å². The highest BCUT2D eigenvalue weighted by Gasteiger charge is 2.26. The maximum Gasteiger partial charge on any atom is 0.243 e. The number of carbonyl (C=O) groups is 1. The average molecular weight is 460 g/mol. The third-order valence-corrected chi connectivity index (χ3v) is 7.78. The van der Waals surface area contributed by atoms with E-state index in [2.05, 4.69) is 20.2 Å². The number of anilines is 1. The Bertz CT molecular complexity index is 987. The molecular weight excluding hydrogens is 430 g/mol. The third-order valence-electron chi connectivity index (χ3n) is 5.87. The van der Waals surface area contributed by atoms with E-state index in [4.69, 9.17) is 4.74 Å². The molecule has 172 valence electrons. The van der Waals surface area contributed by atoms with Crippen LogP contribution in [0.4, 0.5) is 5.95 Å². The zero-order valence-electron chi connectivity index (χ0n) is 18.0. The van der Waals surface area contributed by atoms with E-state index in [1.54, 1.807) is 42.7 Å². The van der Waals surface area contributed by atoms with Crippen molar-refractivity contribution in [3.63, 3.8) is 0 Å². The van der Waals surface area contributed by atoms with Gasteiger partial charge in [0.15, 0.2) is 0 Å². The third kappa shape index (κ3) is 5.62. The summed E-state index contributed by atoms with van der Waals surface area (Å²) >= 11 is 0. The van der Waals surface area contributed by atoms with Gasteiger partial charge in [-0.1, -0.05) is 12.1 Å². The molecule has 1 amide bonds. The normalized spacial score (nSPS) is 18.4. The zero-order chi connectivity index (χ0) is 22.4. The van der Waals surface area contributed by atoms with Gasteiger partial charge in [0.25, 0.3) is 0 Å². The summed E-state index contributed by atoms with van der Waals surface area (Å²) in [5.41, 5.74) is 0.942. The van der Waals surface area contributed by atoms with Crippen molar-refractivity contribution in [2.75, 3.05) is 44.3 Å². The van der Waals surface area contributed by atoms with Crippen LogP contribution in [0.2, 0.25) is 0 Å². The van der Waals surface area contributed by atoms with Crippen LogP contribution in [0.1, 0.15) is 24.8 Å². The summed E-state index contributed by atoms with van der Waals surface area (Å²) in [7, 11) is -3.49. The van der Waals surface area contributed by atoms with Gasteiger partial charge in [-0.25, -0.2) is 18.4 Å². The van der Waals surface area contributed by atoms with Crippen LogP contribution in [-0.4, -0.2) is 74.0 Å². The fourth-order valence-electron chi connectivity index (χ4n) is 4.00. The Morgan fingerprint density at radius 2 is 1.69 bits per heavy atom. The Balaban J connectivity index is 1.22. The average Bonchev–Trinajstić information content (AvgIpc) is 2.84. The Morgan fingerprint density at radius 1 is 1.03 bits per heavy atom. The molecule has 0 aliphatic carbocycles. The van der Waals surface area contributed by atoms with Gasteiger partial charge in [0, 0.05) is 51.0 Å². The summed E-state index contributed by atoms with van der Waals surface area (Å²) in [6.45, 7) is 3.22. The van der Waals surface area contributed by atoms with Gasteiger partial charge in [0.1, 0.15) is 0 Å². The molecule has 2 saturated heterocycles. The number of nitrogens with one attached hydrogen (secondary N) is 1. The van der Waals surface area contributed by atoms with Crippen molar-refractivity contribution in [3.05, 3.63) is 48.3 Å². The van der Waals surface area contributed by atoms with E-state index < -0.39 is 10.0 Å². The van der Waals surface area contributed by atoms with Crippen LogP contribution in [0.25, 0.3) is 0 Å². The second kappa shape index (κ2) is 10.4. The second-order valence-electron chi connectivity index (χ2n) is 8.04. The van der Waals surface area contributed by atoms with Crippen molar-refractivity contribution in [3.8, 4) is 0 Å². The van der Waals surface area contributed by atoms with Gasteiger partial charge >= 0.3 is 0 Å². The molecule has 0 radical (unpaired) electrons. The van der Waals surface area contributed by atoms with Crippen LogP contribution >= 0.6 is 0 Å². The standard InChI is InChI=1S/C22H29N5O4S/c28-21(25-19-8-12-26(13-9-19)22-23-10-1-11-24-22)7-4-18-2-5-20(6-3-18)32(29,30)27-14-16-31-17-15-27/h1-3,5-6,10-11,19H,4,7-9,12-17H2,(H,25,28). The SMILES string of the molecule is O=C(CCc1ccc(S(=O)(=O)N2CCOCC2)cc1)NC1CCN(c2ncccn2)CC1. The minimum Gasteiger partial charge on any atom is -0.379 e. The van der Waals surface area contributed by atoms with E-state index in [9.17, 15) is 13.2 Å². The highest BCUT2D eigenvalue weighted by Crippen LogP contribution is 2.19. The maximum atomic E-state index is 12.7. The van der Waals surface area contributed by atoms with Crippen LogP contribution in [0.5, 0.6) is 0 Å². The van der Waals surface area contributed by atoms with Crippen molar-refractivity contribution in [1.29, 1.82) is 0 Å². The lowest BCUT2D eigenvalue weighted by atomic mass is 10.0. The molecule has 1 aromatic carbocycles. The highest BCUT2D eigenvalue weighted by atomic mass is 32.2. The fraction of sp³-hybridized carbons (Fsp3) is 0.500. The number of nitrogens with zero attached hydrogens (tertiary/aromatic N) is 4. The molecule has 0 bridgehead atoms. The summed E-state index contributed by atoms with van der Waals surface area (Å²) in [5, 5.41) is 3.12. The van der Waals surface area contributed by atoms with Gasteiger partial charge < -0.3 is 15.0 Å². The van der Waals surface area contributed by atoms with Gasteiger partial charge in [-0.2, -0.15) is 4.31 Å². The largest absolute Gasteiger partial charge is 0.379 e. The van der Waals surface area contributed by atoms with Gasteiger partial charge in [-0.15, -0.1) is 0 Å². The molecule has 2 aromatic rings. The van der Waals surface area contributed by atoms with E-state index >= 15 is 0 Å². The minimum absolute atomic E-state index is 0.0180. The number of carbonyl (C=O) groups excluding carboxylic acids is 1. The number of rotatable bonds is 7. The number of morpholine rings is 1. The lowest BCUT2D eigenvalue weighted by Gasteiger charge is -2.32. The molecule has 2 fully saturated rings. The topological polar surface area (TPSA) is 105 Å². The van der Waals surface area contributed by atoms with Crippen molar-refractivity contribution in [1.82, 2.24) is 19.6 Å². The second-order valence-corrected chi connectivity index (χ2v) is 9.98. The molecule has 3 heterocycles. The summed E-state index contributed by atoms with van der Waals surface area (Å²) in [4.78, 5) is 23.4. The molecule has 32 heavy (non-hydrogen) atoms. The number of aromatic nitrogens is 2. The van der Waals surface area contributed by atoms with Gasteiger partial charge in [-0.05, 0) is 43.0 Å². The molecule has 0 unspecified atom stereocenters. The van der Waals surface area contributed by atoms with Crippen molar-refractivity contribution in [2.45, 2.75) is 36.6 Å². The van der Waals surface area contributed by atoms with Crippen molar-refractivity contribution >= 4 is 21.9 Å². The number of sulfonamides is 1. The molecule has 2 aliphatic rings. The lowest BCUT2D eigenvalue weighted by Crippen LogP contribution is -2.45. The summed E-state index contributed by atoms with van der Waals surface area (Å²) < 4.78 is 32.1. The summed E-state index contributed by atoms with van der Waals surface area (Å²) in [5.74, 6) is 0.751. The van der Waals surface area contributed by atoms with E-state index in [1.165, 1.54) is 4.31 Å². The molecular formula is C22H29N5O4S. The number of piperidine rings is 1. The number of aryl methyl sites for hydroxylation is 1. The molecule has 1 N–H and O–H groups in total. The van der Waals surface area contributed by atoms with E-state index in [-0.39, 0.29) is 16.8 Å². The lowest BCUT2D eigenvalue weighted by molar-refractivity contribution is -0.121. The maximum absolute atomic E-state index is 12.7. The quantitative estimate of drug-likeness (QED) is 0.664. The zero-order valence-corrected chi connectivity index (χ0v) is 18.8. The van der Waals surface area contributed by atoms with Gasteiger partial charge in [-0.3, -0.25) is 4.79 Å². The highest BCUT2D eigenvalue weighted by molar-refractivity contribution is 7.89. The van der Waals surface area contributed by atoms with Crippen molar-refractivity contribution < 1.29 is 17.9 Å². The summed E-state index contributed by atoms with van der Waals surface area (Å²) in [6.07, 6.45) is 6.13. The van der Waals surface area contributed by atoms with Crippen LogP contribution in [0.15, 0.2) is 47.6 Å². The van der Waals surface area contributed by atoms with Crippen molar-refractivity contribution in [2.24, 2.45) is 0 Å². The summed E-state index contributed by atoms with van der Waals surface area (Å²) in [6, 6.07) is 8.78. The van der Waals surface area contributed by atoms with E-state index in [1.807, 2.05) is 0 Å². The molecule has 0 spiro atoms. The molecule has 0 saturated carbocycles. The fourth-order valence-corrected chi connectivity index (χ4v) is 5.41. The Morgan fingerprint density at radius 3 is 2.34 bits per heavy atom. The first-order chi connectivity index (χ1) is 15.5. The molecule has 0 atom stereocenters. The Hall–Kier alpha value is -2.56. The minimum atomic E-state index is -3.49. The smallest absolute Gasteiger partial charge is 0.243 e. The molecule has 2 aliphatic heterocycles. The Kier molecular flexibility index (Phi) is 7.33. The van der Waals surface area contributed by atoms with E-state index in [0.29, 0.717) is 39.1 Å². The monoisotopic (exact) mass is 459 g/mol. The Labute approximate surface area is 188 Å². The predicted molar refractivity (Wildman–Crippen MR) is 120 cm³/mol. The molecule has 4 rings (SSSR count). The predicted octanol–water partition coefficient (Wildman–Crippen LogP) is 1.22. The van der Waals surface area contributed by atoms with Crippen LogP contribution in [0, 0.1) is 0 Å². The first kappa shape index (κ1) is 22.6. The van der Waals surface area contributed by atoms with Crippen LogP contribution in [-0.2, 0) is 26.0 Å². The van der Waals surface area contributed by atoms with E-state index in [0.717, 1.165) is 37.4 Å². The molecule has 1 aromatic heterocycles. The molecule has 10 heteroatoms. The number of hydrogen-bond acceptors (Lipinski definition) is 7.